The Balaban J connectivity index is 2.43. The van der Waals surface area contributed by atoms with E-state index in [-0.39, 0.29) is 0 Å². The number of hydrogen-bond donors (Lipinski definition) is 1. The third-order valence-corrected chi connectivity index (χ3v) is 1.13. The van der Waals surface area contributed by atoms with Gasteiger partial charge in [0.1, 0.15) is 5.82 Å². The molecule has 1 rings (SSSR count). The molecule has 0 saturated carbocycles. The predicted octanol–water partition coefficient (Wildman–Crippen LogP) is 1.30. The van der Waals surface area contributed by atoms with E-state index >= 15 is 0 Å². The van der Waals surface area contributed by atoms with Crippen LogP contribution in [0.4, 0.5) is 5.82 Å². The maximum Gasteiger partial charge on any atom is 0.148 e. The second kappa shape index (κ2) is 3.82. The Morgan fingerprint density at radius 2 is 2.50 bits per heavy atom. The first-order valence-electron chi connectivity index (χ1n) is 3.45. The van der Waals surface area contributed by atoms with E-state index in [2.05, 4.69) is 22.4 Å². The molecule has 0 aromatic carbocycles. The molecule has 0 radical (unpaired) electrons. The molecule has 0 saturated heterocycles. The lowest BCUT2D eigenvalue weighted by atomic mass is 10.4. The first-order valence-corrected chi connectivity index (χ1v) is 3.45. The molecule has 1 heterocycles. The van der Waals surface area contributed by atoms with Gasteiger partial charge in [-0.1, -0.05) is 6.92 Å². The summed E-state index contributed by atoms with van der Waals surface area (Å²) in [5.41, 5.74) is 0. The lowest BCUT2D eigenvalue weighted by molar-refractivity contribution is 0.944. The second-order valence-corrected chi connectivity index (χ2v) is 2.04. The molecule has 0 aliphatic carbocycles. The largest absolute Gasteiger partial charge is 0.369 e. The van der Waals surface area contributed by atoms with Crippen LogP contribution in [0.1, 0.15) is 13.3 Å². The van der Waals surface area contributed by atoms with Gasteiger partial charge in [-0.15, -0.1) is 5.10 Å². The lowest BCUT2D eigenvalue weighted by Crippen LogP contribution is -2.01. The zero-order valence-corrected chi connectivity index (χ0v) is 6.04. The zero-order chi connectivity index (χ0) is 7.23. The topological polar surface area (TPSA) is 37.8 Å². The fourth-order valence-corrected chi connectivity index (χ4v) is 0.649. The molecular formula is C7H11N3. The van der Waals surface area contributed by atoms with Crippen molar-refractivity contribution in [2.24, 2.45) is 0 Å². The molecule has 0 bridgehead atoms. The van der Waals surface area contributed by atoms with Crippen LogP contribution in [0.15, 0.2) is 18.3 Å². The summed E-state index contributed by atoms with van der Waals surface area (Å²) < 4.78 is 0. The van der Waals surface area contributed by atoms with Gasteiger partial charge in [-0.2, -0.15) is 5.10 Å². The molecule has 3 heteroatoms. The summed E-state index contributed by atoms with van der Waals surface area (Å²) in [6, 6.07) is 3.77. The molecule has 1 N–H and O–H groups in total. The van der Waals surface area contributed by atoms with Gasteiger partial charge in [0.05, 0.1) is 0 Å². The Labute approximate surface area is 60.5 Å². The number of anilines is 1. The van der Waals surface area contributed by atoms with Crippen molar-refractivity contribution in [1.29, 1.82) is 0 Å². The van der Waals surface area contributed by atoms with Crippen molar-refractivity contribution in [2.75, 3.05) is 11.9 Å². The van der Waals surface area contributed by atoms with Crippen LogP contribution >= 0.6 is 0 Å². The minimum atomic E-state index is 0.851. The quantitative estimate of drug-likeness (QED) is 0.682. The number of hydrogen-bond acceptors (Lipinski definition) is 3. The molecule has 1 aromatic heterocycles. The van der Waals surface area contributed by atoms with E-state index in [1.165, 1.54) is 0 Å². The lowest BCUT2D eigenvalue weighted by Gasteiger charge is -1.99. The van der Waals surface area contributed by atoms with E-state index in [0.717, 1.165) is 18.8 Å². The van der Waals surface area contributed by atoms with Crippen LogP contribution in [0.25, 0.3) is 0 Å². The highest BCUT2D eigenvalue weighted by Gasteiger charge is 1.87. The standard InChI is InChI=1S/C7H11N3/c1-2-5-8-7-4-3-6-9-10-7/h3-4,6H,2,5H2,1H3,(H,8,10). The van der Waals surface area contributed by atoms with Gasteiger partial charge in [-0.3, -0.25) is 0 Å². The molecular weight excluding hydrogens is 126 g/mol. The average Bonchev–Trinajstić information content (AvgIpc) is 2.03. The monoisotopic (exact) mass is 137 g/mol. The van der Waals surface area contributed by atoms with Crippen LogP contribution in [-0.2, 0) is 0 Å². The summed E-state index contributed by atoms with van der Waals surface area (Å²) in [4.78, 5) is 0. The highest BCUT2D eigenvalue weighted by atomic mass is 15.2. The van der Waals surface area contributed by atoms with Crippen molar-refractivity contribution in [3.05, 3.63) is 18.3 Å². The molecule has 0 unspecified atom stereocenters. The van der Waals surface area contributed by atoms with Crippen LogP contribution in [0, 0.1) is 0 Å². The van der Waals surface area contributed by atoms with Gasteiger partial charge >= 0.3 is 0 Å². The maximum atomic E-state index is 3.86. The highest BCUT2D eigenvalue weighted by Crippen LogP contribution is 1.96. The fraction of sp³-hybridized carbons (Fsp3) is 0.429. The van der Waals surface area contributed by atoms with Crippen LogP contribution in [-0.4, -0.2) is 16.7 Å². The number of aromatic nitrogens is 2. The summed E-state index contributed by atoms with van der Waals surface area (Å²) in [5.74, 6) is 0.851. The molecule has 0 aliphatic heterocycles. The third-order valence-electron chi connectivity index (χ3n) is 1.13. The Bertz CT molecular complexity index is 173. The van der Waals surface area contributed by atoms with Crippen molar-refractivity contribution in [2.45, 2.75) is 13.3 Å². The highest BCUT2D eigenvalue weighted by molar-refractivity contribution is 5.30. The number of rotatable bonds is 3. The van der Waals surface area contributed by atoms with Gasteiger partial charge in [0.2, 0.25) is 0 Å². The van der Waals surface area contributed by atoms with E-state index < -0.39 is 0 Å². The summed E-state index contributed by atoms with van der Waals surface area (Å²) in [5, 5.41) is 10.7. The van der Waals surface area contributed by atoms with Crippen LogP contribution in [0.3, 0.4) is 0 Å². The smallest absolute Gasteiger partial charge is 0.148 e. The minimum Gasteiger partial charge on any atom is -0.369 e. The van der Waals surface area contributed by atoms with Gasteiger partial charge in [-0.05, 0) is 18.6 Å². The maximum absolute atomic E-state index is 3.86. The molecule has 0 aliphatic rings. The van der Waals surface area contributed by atoms with E-state index in [4.69, 9.17) is 0 Å². The fourth-order valence-electron chi connectivity index (χ4n) is 0.649. The summed E-state index contributed by atoms with van der Waals surface area (Å²) in [6.45, 7) is 3.07. The van der Waals surface area contributed by atoms with Crippen molar-refractivity contribution < 1.29 is 0 Å². The predicted molar refractivity (Wildman–Crippen MR) is 40.8 cm³/mol. The first-order chi connectivity index (χ1) is 4.93. The second-order valence-electron chi connectivity index (χ2n) is 2.04. The Hall–Kier alpha value is -1.12. The summed E-state index contributed by atoms with van der Waals surface area (Å²) in [7, 11) is 0. The number of nitrogens with zero attached hydrogens (tertiary/aromatic N) is 2. The zero-order valence-electron chi connectivity index (χ0n) is 6.04. The van der Waals surface area contributed by atoms with E-state index in [1.807, 2.05) is 12.1 Å². The Morgan fingerprint density at radius 1 is 1.60 bits per heavy atom. The molecule has 0 amide bonds. The van der Waals surface area contributed by atoms with Gasteiger partial charge in [0, 0.05) is 12.7 Å². The van der Waals surface area contributed by atoms with E-state index in [0.29, 0.717) is 0 Å². The normalized spacial score (nSPS) is 9.30. The molecule has 10 heavy (non-hydrogen) atoms. The van der Waals surface area contributed by atoms with Crippen molar-refractivity contribution >= 4 is 5.82 Å². The SMILES string of the molecule is CCCNc1cccnn1. The molecule has 3 nitrogen and oxygen atoms in total. The average molecular weight is 137 g/mol. The van der Waals surface area contributed by atoms with Crippen molar-refractivity contribution in [3.63, 3.8) is 0 Å². The van der Waals surface area contributed by atoms with Crippen molar-refractivity contribution in [1.82, 2.24) is 10.2 Å². The summed E-state index contributed by atoms with van der Waals surface area (Å²) in [6.07, 6.45) is 2.77. The van der Waals surface area contributed by atoms with E-state index in [9.17, 15) is 0 Å². The third kappa shape index (κ3) is 2.01. The van der Waals surface area contributed by atoms with Gasteiger partial charge in [-0.25, -0.2) is 0 Å². The molecule has 0 atom stereocenters. The Morgan fingerprint density at radius 3 is 3.10 bits per heavy atom. The Kier molecular flexibility index (Phi) is 2.67. The van der Waals surface area contributed by atoms with Gasteiger partial charge < -0.3 is 5.32 Å². The number of nitrogens with one attached hydrogen (secondary N) is 1. The molecule has 1 aromatic rings. The van der Waals surface area contributed by atoms with Gasteiger partial charge in [0.15, 0.2) is 0 Å². The van der Waals surface area contributed by atoms with Crippen LogP contribution in [0.5, 0.6) is 0 Å². The molecule has 0 spiro atoms. The first kappa shape index (κ1) is 6.99. The molecule has 0 fully saturated rings. The van der Waals surface area contributed by atoms with E-state index in [1.54, 1.807) is 6.20 Å². The van der Waals surface area contributed by atoms with Crippen molar-refractivity contribution in [3.8, 4) is 0 Å². The molecule has 54 valence electrons. The van der Waals surface area contributed by atoms with Crippen LogP contribution < -0.4 is 5.32 Å². The van der Waals surface area contributed by atoms with Gasteiger partial charge in [0.25, 0.3) is 0 Å². The van der Waals surface area contributed by atoms with Crippen LogP contribution in [0.2, 0.25) is 0 Å². The minimum absolute atomic E-state index is 0.851. The summed E-state index contributed by atoms with van der Waals surface area (Å²) >= 11 is 0.